The van der Waals surface area contributed by atoms with Gasteiger partial charge in [-0.2, -0.15) is 0 Å². The molecular formula is C13H9FO2S. The van der Waals surface area contributed by atoms with Gasteiger partial charge in [0.15, 0.2) is 9.84 Å². The quantitative estimate of drug-likeness (QED) is 0.663. The predicted octanol–water partition coefficient (Wildman–Crippen LogP) is 2.97. The average molecular weight is 248 g/mol. The van der Waals surface area contributed by atoms with Crippen molar-refractivity contribution in [3.63, 3.8) is 0 Å². The van der Waals surface area contributed by atoms with Crippen LogP contribution in [-0.2, 0) is 9.84 Å². The minimum atomic E-state index is -3.35. The van der Waals surface area contributed by atoms with Crippen LogP contribution in [0.15, 0.2) is 41.3 Å². The summed E-state index contributed by atoms with van der Waals surface area (Å²) in [6.07, 6.45) is 1.14. The fourth-order valence-corrected chi connectivity index (χ4v) is 3.16. The zero-order valence-electron chi connectivity index (χ0n) is 9.07. The van der Waals surface area contributed by atoms with Gasteiger partial charge in [-0.25, -0.2) is 12.8 Å². The molecule has 4 rings (SSSR count). The molecule has 0 radical (unpaired) electrons. The van der Waals surface area contributed by atoms with Gasteiger partial charge in [-0.15, -0.1) is 0 Å². The Kier molecular flexibility index (Phi) is 1.95. The molecule has 2 bridgehead atoms. The van der Waals surface area contributed by atoms with E-state index in [0.29, 0.717) is 10.8 Å². The maximum Gasteiger partial charge on any atom is 0.176 e. The van der Waals surface area contributed by atoms with E-state index >= 15 is 0 Å². The van der Waals surface area contributed by atoms with E-state index < -0.39 is 9.84 Å². The molecule has 4 aromatic carbocycles. The van der Waals surface area contributed by atoms with Crippen LogP contribution in [0.3, 0.4) is 0 Å². The van der Waals surface area contributed by atoms with Crippen LogP contribution in [-0.4, -0.2) is 14.7 Å². The van der Waals surface area contributed by atoms with E-state index in [2.05, 4.69) is 0 Å². The van der Waals surface area contributed by atoms with Gasteiger partial charge < -0.3 is 0 Å². The van der Waals surface area contributed by atoms with E-state index in [1.807, 2.05) is 6.07 Å². The monoisotopic (exact) mass is 248 g/mol. The van der Waals surface area contributed by atoms with Crippen LogP contribution in [0, 0.1) is 5.82 Å². The van der Waals surface area contributed by atoms with Crippen LogP contribution in [0.2, 0.25) is 0 Å². The number of sulfone groups is 1. The number of hydrogen-bond acceptors (Lipinski definition) is 2. The third-order valence-electron chi connectivity index (χ3n) is 2.98. The lowest BCUT2D eigenvalue weighted by molar-refractivity contribution is 0.602. The summed E-state index contributed by atoms with van der Waals surface area (Å²) in [4.78, 5) is 0.190. The normalized spacial score (nSPS) is 12.6. The van der Waals surface area contributed by atoms with Crippen molar-refractivity contribution in [1.29, 1.82) is 0 Å². The molecule has 17 heavy (non-hydrogen) atoms. The van der Waals surface area contributed by atoms with Gasteiger partial charge in [0.25, 0.3) is 0 Å². The van der Waals surface area contributed by atoms with E-state index in [4.69, 9.17) is 0 Å². The second-order valence-corrected chi connectivity index (χ2v) is 6.13. The molecule has 4 aromatic rings. The third-order valence-corrected chi connectivity index (χ3v) is 4.11. The summed E-state index contributed by atoms with van der Waals surface area (Å²) in [7, 11) is -3.35. The molecule has 0 saturated heterocycles. The first-order chi connectivity index (χ1) is 7.98. The average Bonchev–Trinajstić information content (AvgIpc) is 2.28. The minimum Gasteiger partial charge on any atom is -0.224 e. The fourth-order valence-electron chi connectivity index (χ4n) is 2.24. The molecule has 4 heteroatoms. The predicted molar refractivity (Wildman–Crippen MR) is 65.7 cm³/mol. The molecule has 0 N–H and O–H groups in total. The Balaban J connectivity index is 2.66. The molecule has 0 fully saturated rings. The summed E-state index contributed by atoms with van der Waals surface area (Å²) >= 11 is 0. The van der Waals surface area contributed by atoms with Gasteiger partial charge in [-0.1, -0.05) is 24.3 Å². The molecule has 0 aliphatic carbocycles. The Morgan fingerprint density at radius 2 is 1.82 bits per heavy atom. The number of rotatable bonds is 1. The summed E-state index contributed by atoms with van der Waals surface area (Å²) in [6.45, 7) is 0. The van der Waals surface area contributed by atoms with Crippen molar-refractivity contribution in [2.75, 3.05) is 6.26 Å². The largest absolute Gasteiger partial charge is 0.224 e. The van der Waals surface area contributed by atoms with E-state index in [1.54, 1.807) is 18.2 Å². The summed E-state index contributed by atoms with van der Waals surface area (Å²) in [5, 5.41) is 2.35. The van der Waals surface area contributed by atoms with Crippen molar-refractivity contribution in [2.45, 2.75) is 4.90 Å². The van der Waals surface area contributed by atoms with Gasteiger partial charge in [-0.05, 0) is 22.9 Å². The highest BCUT2D eigenvalue weighted by Gasteiger charge is 2.17. The smallest absolute Gasteiger partial charge is 0.176 e. The van der Waals surface area contributed by atoms with Gasteiger partial charge in [0.2, 0.25) is 0 Å². The molecule has 0 unspecified atom stereocenters. The van der Waals surface area contributed by atoms with Gasteiger partial charge in [0.1, 0.15) is 5.82 Å². The molecule has 0 atom stereocenters. The molecule has 0 amide bonds. The SMILES string of the molecule is CS(=O)(=O)c1cccc2c3ccc(c(F)c3)c12. The van der Waals surface area contributed by atoms with Crippen molar-refractivity contribution in [3.05, 3.63) is 42.2 Å². The number of halogens is 1. The summed E-state index contributed by atoms with van der Waals surface area (Å²) in [5.74, 6) is -0.369. The Morgan fingerprint density at radius 1 is 1.06 bits per heavy atom. The maximum absolute atomic E-state index is 13.7. The summed E-state index contributed by atoms with van der Waals surface area (Å²) in [6, 6.07) is 9.87. The van der Waals surface area contributed by atoms with E-state index in [9.17, 15) is 12.8 Å². The van der Waals surface area contributed by atoms with E-state index in [-0.39, 0.29) is 10.7 Å². The van der Waals surface area contributed by atoms with Crippen molar-refractivity contribution in [2.24, 2.45) is 0 Å². The lowest BCUT2D eigenvalue weighted by Crippen LogP contribution is -1.99. The third kappa shape index (κ3) is 1.41. The molecule has 86 valence electrons. The standard InChI is InChI=1S/C13H9FO2S/c1-17(15,16)12-4-2-3-9-8-5-6-10(13(9)12)11(14)7-8/h2-7H,1H3. The van der Waals surface area contributed by atoms with Gasteiger partial charge in [-0.3, -0.25) is 0 Å². The zero-order valence-corrected chi connectivity index (χ0v) is 9.88. The Bertz CT molecular complexity index is 822. The van der Waals surface area contributed by atoms with Crippen molar-refractivity contribution in [3.8, 4) is 0 Å². The van der Waals surface area contributed by atoms with Crippen molar-refractivity contribution in [1.82, 2.24) is 0 Å². The van der Waals surface area contributed by atoms with Gasteiger partial charge in [0, 0.05) is 17.0 Å². The number of benzene rings is 4. The number of fused-ring (bicyclic) bond motifs is 2. The summed E-state index contributed by atoms with van der Waals surface area (Å²) in [5.41, 5.74) is 0. The second kappa shape index (κ2) is 3.17. The Hall–Kier alpha value is -1.68. The van der Waals surface area contributed by atoms with Crippen LogP contribution < -0.4 is 0 Å². The highest BCUT2D eigenvalue weighted by molar-refractivity contribution is 7.91. The fraction of sp³-hybridized carbons (Fsp3) is 0.0769. The second-order valence-electron chi connectivity index (χ2n) is 4.15. The lowest BCUT2D eigenvalue weighted by atomic mass is 9.99. The molecule has 0 spiro atoms. The molecule has 0 aliphatic rings. The van der Waals surface area contributed by atoms with Crippen molar-refractivity contribution >= 4 is 31.4 Å². The Morgan fingerprint density at radius 3 is 2.47 bits per heavy atom. The first kappa shape index (κ1) is 10.5. The van der Waals surface area contributed by atoms with Crippen LogP contribution in [0.25, 0.3) is 21.5 Å². The number of hydrogen-bond donors (Lipinski definition) is 0. The van der Waals surface area contributed by atoms with Crippen molar-refractivity contribution < 1.29 is 12.8 Å². The van der Waals surface area contributed by atoms with E-state index in [0.717, 1.165) is 17.0 Å². The van der Waals surface area contributed by atoms with Crippen LogP contribution in [0.4, 0.5) is 4.39 Å². The topological polar surface area (TPSA) is 34.1 Å². The molecular weight excluding hydrogens is 239 g/mol. The molecule has 2 nitrogen and oxygen atoms in total. The maximum atomic E-state index is 13.7. The Labute approximate surface area is 97.9 Å². The highest BCUT2D eigenvalue weighted by Crippen LogP contribution is 2.34. The van der Waals surface area contributed by atoms with Gasteiger partial charge >= 0.3 is 0 Å². The van der Waals surface area contributed by atoms with Gasteiger partial charge in [0.05, 0.1) is 4.90 Å². The molecule has 0 aliphatic heterocycles. The first-order valence-corrected chi connectivity index (χ1v) is 7.01. The van der Waals surface area contributed by atoms with E-state index in [1.165, 1.54) is 12.1 Å². The minimum absolute atomic E-state index is 0.190. The van der Waals surface area contributed by atoms with Crippen LogP contribution >= 0.6 is 0 Å². The first-order valence-electron chi connectivity index (χ1n) is 5.12. The van der Waals surface area contributed by atoms with Crippen LogP contribution in [0.1, 0.15) is 0 Å². The highest BCUT2D eigenvalue weighted by atomic mass is 32.2. The lowest BCUT2D eigenvalue weighted by Gasteiger charge is -2.11. The zero-order chi connectivity index (χ0) is 12.2. The van der Waals surface area contributed by atoms with Crippen LogP contribution in [0.5, 0.6) is 0 Å². The molecule has 0 heterocycles. The molecule has 0 aromatic heterocycles. The summed E-state index contributed by atoms with van der Waals surface area (Å²) < 4.78 is 37.1. The molecule has 0 saturated carbocycles.